The number of hydrogen-bond donors (Lipinski definition) is 2. The maximum Gasteiger partial charge on any atom is 0.251 e. The van der Waals surface area contributed by atoms with E-state index in [-0.39, 0.29) is 11.7 Å². The van der Waals surface area contributed by atoms with Crippen molar-refractivity contribution in [2.45, 2.75) is 32.9 Å². The molecule has 0 unspecified atom stereocenters. The van der Waals surface area contributed by atoms with Crippen molar-refractivity contribution in [3.05, 3.63) is 83.4 Å². The van der Waals surface area contributed by atoms with Gasteiger partial charge in [0, 0.05) is 37.0 Å². The van der Waals surface area contributed by atoms with Gasteiger partial charge in [-0.25, -0.2) is 9.07 Å². The van der Waals surface area contributed by atoms with Crippen LogP contribution in [-0.2, 0) is 13.1 Å². The Morgan fingerprint density at radius 3 is 2.46 bits per heavy atom. The van der Waals surface area contributed by atoms with Crippen LogP contribution in [0.1, 0.15) is 41.3 Å². The molecule has 2 N–H and O–H groups in total. The van der Waals surface area contributed by atoms with E-state index in [9.17, 15) is 9.18 Å². The fraction of sp³-hybridized carbons (Fsp3) is 0.273. The van der Waals surface area contributed by atoms with Crippen molar-refractivity contribution < 1.29 is 9.18 Å². The number of nitrogens with one attached hydrogen (secondary N) is 2. The molecular formula is C22H25FN4O. The van der Waals surface area contributed by atoms with Gasteiger partial charge in [0.05, 0.1) is 11.9 Å². The molecule has 0 saturated heterocycles. The molecule has 0 aliphatic carbocycles. The topological polar surface area (TPSA) is 59.0 Å². The summed E-state index contributed by atoms with van der Waals surface area (Å²) < 4.78 is 14.7. The molecule has 1 heterocycles. The van der Waals surface area contributed by atoms with E-state index < -0.39 is 0 Å². The fourth-order valence-electron chi connectivity index (χ4n) is 2.79. The van der Waals surface area contributed by atoms with Crippen molar-refractivity contribution in [2.75, 3.05) is 6.54 Å². The Morgan fingerprint density at radius 2 is 1.75 bits per heavy atom. The fourth-order valence-corrected chi connectivity index (χ4v) is 2.79. The molecule has 1 amide bonds. The number of rotatable bonds is 9. The third-order valence-electron chi connectivity index (χ3n) is 4.42. The van der Waals surface area contributed by atoms with Gasteiger partial charge in [0.2, 0.25) is 0 Å². The minimum atomic E-state index is -0.262. The Balaban J connectivity index is 1.47. The molecule has 3 rings (SSSR count). The normalized spacial score (nSPS) is 10.8. The molecule has 3 aromatic rings. The van der Waals surface area contributed by atoms with Gasteiger partial charge in [-0.3, -0.25) is 4.79 Å². The highest BCUT2D eigenvalue weighted by Crippen LogP contribution is 2.10. The lowest BCUT2D eigenvalue weighted by molar-refractivity contribution is 0.0953. The molecule has 1 aromatic heterocycles. The molecule has 0 atom stereocenters. The summed E-state index contributed by atoms with van der Waals surface area (Å²) in [5, 5.41) is 10.6. The van der Waals surface area contributed by atoms with E-state index >= 15 is 0 Å². The molecule has 0 radical (unpaired) electrons. The number of benzene rings is 2. The minimum absolute atomic E-state index is 0.0267. The second-order valence-electron chi connectivity index (χ2n) is 6.68. The summed E-state index contributed by atoms with van der Waals surface area (Å²) >= 11 is 0. The summed E-state index contributed by atoms with van der Waals surface area (Å²) in [5.74, 6) is -0.288. The van der Waals surface area contributed by atoms with Crippen molar-refractivity contribution in [1.29, 1.82) is 0 Å². The highest BCUT2D eigenvalue weighted by atomic mass is 19.1. The van der Waals surface area contributed by atoms with E-state index in [1.54, 1.807) is 23.0 Å². The summed E-state index contributed by atoms with van der Waals surface area (Å²) in [6.07, 6.45) is 5.77. The second kappa shape index (κ2) is 9.80. The standard InChI is InChI=1S/C22H25FN4O/c1-2-3-12-25-22(28)19-6-4-17(5-7-19)13-24-14-18-15-26-27(16-18)21-10-8-20(23)9-11-21/h4-11,15-16,24H,2-3,12-14H2,1H3,(H,25,28). The summed E-state index contributed by atoms with van der Waals surface area (Å²) in [7, 11) is 0. The molecule has 0 bridgehead atoms. The zero-order valence-electron chi connectivity index (χ0n) is 16.0. The zero-order valence-corrected chi connectivity index (χ0v) is 16.0. The van der Waals surface area contributed by atoms with Gasteiger partial charge in [-0.05, 0) is 48.4 Å². The molecule has 6 heteroatoms. The summed E-state index contributed by atoms with van der Waals surface area (Å²) in [6, 6.07) is 13.9. The average molecular weight is 380 g/mol. The van der Waals surface area contributed by atoms with E-state index in [4.69, 9.17) is 0 Å². The Hall–Kier alpha value is -2.99. The monoisotopic (exact) mass is 380 g/mol. The van der Waals surface area contributed by atoms with Gasteiger partial charge in [0.25, 0.3) is 5.91 Å². The van der Waals surface area contributed by atoms with E-state index in [0.29, 0.717) is 25.2 Å². The summed E-state index contributed by atoms with van der Waals surface area (Å²) in [4.78, 5) is 12.0. The number of halogens is 1. The van der Waals surface area contributed by atoms with Gasteiger partial charge in [-0.1, -0.05) is 25.5 Å². The third-order valence-corrected chi connectivity index (χ3v) is 4.42. The van der Waals surface area contributed by atoms with Gasteiger partial charge in [-0.2, -0.15) is 5.10 Å². The molecule has 0 aliphatic rings. The Morgan fingerprint density at radius 1 is 1.04 bits per heavy atom. The molecule has 0 aliphatic heterocycles. The van der Waals surface area contributed by atoms with Crippen LogP contribution in [0.2, 0.25) is 0 Å². The van der Waals surface area contributed by atoms with Crippen LogP contribution in [0, 0.1) is 5.82 Å². The predicted molar refractivity (Wildman–Crippen MR) is 108 cm³/mol. The van der Waals surface area contributed by atoms with Crippen LogP contribution in [0.4, 0.5) is 4.39 Å². The number of nitrogens with zero attached hydrogens (tertiary/aromatic N) is 2. The van der Waals surface area contributed by atoms with Crippen LogP contribution in [0.25, 0.3) is 5.69 Å². The van der Waals surface area contributed by atoms with Crippen molar-refractivity contribution >= 4 is 5.91 Å². The van der Waals surface area contributed by atoms with Gasteiger partial charge in [-0.15, -0.1) is 0 Å². The number of hydrogen-bond acceptors (Lipinski definition) is 3. The predicted octanol–water partition coefficient (Wildman–Crippen LogP) is 3.83. The molecule has 0 fully saturated rings. The number of amides is 1. The summed E-state index contributed by atoms with van der Waals surface area (Å²) in [6.45, 7) is 4.17. The van der Waals surface area contributed by atoms with Crippen molar-refractivity contribution in [2.24, 2.45) is 0 Å². The molecule has 0 saturated carbocycles. The molecule has 146 valence electrons. The first-order valence-electron chi connectivity index (χ1n) is 9.53. The number of unbranched alkanes of at least 4 members (excludes halogenated alkanes) is 1. The van der Waals surface area contributed by atoms with Crippen LogP contribution in [0.15, 0.2) is 60.9 Å². The third kappa shape index (κ3) is 5.50. The maximum absolute atomic E-state index is 13.0. The van der Waals surface area contributed by atoms with E-state index in [1.165, 1.54) is 12.1 Å². The highest BCUT2D eigenvalue weighted by Gasteiger charge is 2.05. The van der Waals surface area contributed by atoms with Crippen LogP contribution in [-0.4, -0.2) is 22.2 Å². The Labute approximate surface area is 164 Å². The number of carbonyl (C=O) groups is 1. The van der Waals surface area contributed by atoms with Crippen LogP contribution in [0.3, 0.4) is 0 Å². The quantitative estimate of drug-likeness (QED) is 0.555. The average Bonchev–Trinajstić information content (AvgIpc) is 3.18. The first kappa shape index (κ1) is 19.8. The second-order valence-corrected chi connectivity index (χ2v) is 6.68. The molecular weight excluding hydrogens is 355 g/mol. The van der Waals surface area contributed by atoms with Gasteiger partial charge in [0.15, 0.2) is 0 Å². The largest absolute Gasteiger partial charge is 0.352 e. The van der Waals surface area contributed by atoms with E-state index in [0.717, 1.165) is 29.7 Å². The van der Waals surface area contributed by atoms with Crippen LogP contribution in [0.5, 0.6) is 0 Å². The molecule has 2 aromatic carbocycles. The van der Waals surface area contributed by atoms with Crippen molar-refractivity contribution in [1.82, 2.24) is 20.4 Å². The lowest BCUT2D eigenvalue weighted by atomic mass is 10.1. The van der Waals surface area contributed by atoms with Crippen LogP contribution >= 0.6 is 0 Å². The van der Waals surface area contributed by atoms with Crippen molar-refractivity contribution in [3.63, 3.8) is 0 Å². The van der Waals surface area contributed by atoms with Gasteiger partial charge in [0.1, 0.15) is 5.82 Å². The first-order chi connectivity index (χ1) is 13.7. The number of carbonyl (C=O) groups excluding carboxylic acids is 1. The van der Waals surface area contributed by atoms with Crippen molar-refractivity contribution in [3.8, 4) is 5.69 Å². The smallest absolute Gasteiger partial charge is 0.251 e. The molecule has 0 spiro atoms. The van der Waals surface area contributed by atoms with Crippen LogP contribution < -0.4 is 10.6 Å². The number of aromatic nitrogens is 2. The van der Waals surface area contributed by atoms with Gasteiger partial charge < -0.3 is 10.6 Å². The Kier molecular flexibility index (Phi) is 6.92. The van der Waals surface area contributed by atoms with E-state index in [2.05, 4.69) is 22.7 Å². The highest BCUT2D eigenvalue weighted by molar-refractivity contribution is 5.94. The summed E-state index contributed by atoms with van der Waals surface area (Å²) in [5.41, 5.74) is 3.65. The minimum Gasteiger partial charge on any atom is -0.352 e. The Bertz CT molecular complexity index is 888. The molecule has 5 nitrogen and oxygen atoms in total. The SMILES string of the molecule is CCCCNC(=O)c1ccc(CNCc2cnn(-c3ccc(F)cc3)c2)cc1. The van der Waals surface area contributed by atoms with Gasteiger partial charge >= 0.3 is 0 Å². The molecule has 28 heavy (non-hydrogen) atoms. The lowest BCUT2D eigenvalue weighted by Crippen LogP contribution is -2.24. The lowest BCUT2D eigenvalue weighted by Gasteiger charge is -2.06. The first-order valence-corrected chi connectivity index (χ1v) is 9.53. The maximum atomic E-state index is 13.0. The zero-order chi connectivity index (χ0) is 19.8. The van der Waals surface area contributed by atoms with E-state index in [1.807, 2.05) is 30.5 Å².